The van der Waals surface area contributed by atoms with Gasteiger partial charge in [-0.1, -0.05) is 17.7 Å². The lowest BCUT2D eigenvalue weighted by Gasteiger charge is -2.11. The van der Waals surface area contributed by atoms with Crippen molar-refractivity contribution in [3.8, 4) is 0 Å². The fourth-order valence-electron chi connectivity index (χ4n) is 2.10. The summed E-state index contributed by atoms with van der Waals surface area (Å²) in [7, 11) is 4.19. The average Bonchev–Trinajstić information content (AvgIpc) is 2.81. The van der Waals surface area contributed by atoms with Crippen LogP contribution in [0.15, 0.2) is 35.1 Å². The Labute approximate surface area is 133 Å². The molecule has 0 aliphatic carbocycles. The maximum atomic E-state index is 6.02. The molecule has 2 aromatic rings. The molecule has 20 heavy (non-hydrogen) atoms. The Balaban J connectivity index is 2.02. The van der Waals surface area contributed by atoms with Crippen LogP contribution in [0.25, 0.3) is 0 Å². The van der Waals surface area contributed by atoms with Crippen molar-refractivity contribution >= 4 is 27.5 Å². The third-order valence-electron chi connectivity index (χ3n) is 3.15. The third kappa shape index (κ3) is 4.33. The normalized spacial score (nSPS) is 11.2. The van der Waals surface area contributed by atoms with Crippen LogP contribution in [0.5, 0.6) is 0 Å². The van der Waals surface area contributed by atoms with Crippen molar-refractivity contribution in [2.24, 2.45) is 0 Å². The monoisotopic (exact) mass is 355 g/mol. The third-order valence-corrected chi connectivity index (χ3v) is 4.37. The summed E-state index contributed by atoms with van der Waals surface area (Å²) in [5.41, 5.74) is 1.21. The van der Waals surface area contributed by atoms with Crippen LogP contribution in [0.1, 0.15) is 17.8 Å². The van der Waals surface area contributed by atoms with Crippen LogP contribution in [0.4, 0.5) is 0 Å². The first-order chi connectivity index (χ1) is 9.56. The van der Waals surface area contributed by atoms with Crippen molar-refractivity contribution < 1.29 is 0 Å². The zero-order valence-electron chi connectivity index (χ0n) is 11.8. The highest BCUT2D eigenvalue weighted by atomic mass is 79.9. The fourth-order valence-corrected chi connectivity index (χ4v) is 2.64. The number of aromatic nitrogens is 2. The Morgan fingerprint density at radius 3 is 2.85 bits per heavy atom. The topological polar surface area (TPSA) is 21.1 Å². The van der Waals surface area contributed by atoms with Gasteiger partial charge in [0.05, 0.1) is 5.02 Å². The minimum absolute atomic E-state index is 0.739. The van der Waals surface area contributed by atoms with Gasteiger partial charge in [-0.2, -0.15) is 0 Å². The number of halogens is 2. The van der Waals surface area contributed by atoms with E-state index in [0.717, 1.165) is 41.3 Å². The lowest BCUT2D eigenvalue weighted by molar-refractivity contribution is 0.385. The summed E-state index contributed by atoms with van der Waals surface area (Å²) >= 11 is 9.48. The number of rotatable bonds is 6. The Morgan fingerprint density at radius 2 is 2.15 bits per heavy atom. The SMILES string of the molecule is CN(C)CCCn1ccnc1Cc1ccc(Cl)c(Br)c1. The maximum Gasteiger partial charge on any atom is 0.113 e. The number of hydrogen-bond donors (Lipinski definition) is 0. The van der Waals surface area contributed by atoms with Crippen molar-refractivity contribution in [1.82, 2.24) is 14.5 Å². The minimum atomic E-state index is 0.739. The van der Waals surface area contributed by atoms with E-state index in [1.807, 2.05) is 18.3 Å². The molecule has 1 heterocycles. The minimum Gasteiger partial charge on any atom is -0.335 e. The van der Waals surface area contributed by atoms with E-state index in [1.165, 1.54) is 5.56 Å². The summed E-state index contributed by atoms with van der Waals surface area (Å²) in [4.78, 5) is 6.66. The standard InChI is InChI=1S/C15H19BrClN3/c1-19(2)7-3-8-20-9-6-18-15(20)11-12-4-5-14(17)13(16)10-12/h4-6,9-10H,3,7-8,11H2,1-2H3. The lowest BCUT2D eigenvalue weighted by Crippen LogP contribution is -2.15. The molecule has 0 amide bonds. The number of hydrogen-bond acceptors (Lipinski definition) is 2. The van der Waals surface area contributed by atoms with Crippen LogP contribution >= 0.6 is 27.5 Å². The van der Waals surface area contributed by atoms with E-state index in [9.17, 15) is 0 Å². The van der Waals surface area contributed by atoms with Gasteiger partial charge in [0.15, 0.2) is 0 Å². The van der Waals surface area contributed by atoms with Crippen LogP contribution < -0.4 is 0 Å². The van der Waals surface area contributed by atoms with Gasteiger partial charge in [-0.05, 0) is 60.7 Å². The first kappa shape index (κ1) is 15.5. The van der Waals surface area contributed by atoms with Crippen molar-refractivity contribution in [2.45, 2.75) is 19.4 Å². The van der Waals surface area contributed by atoms with Crippen LogP contribution in [0.3, 0.4) is 0 Å². The van der Waals surface area contributed by atoms with Crippen molar-refractivity contribution in [3.05, 3.63) is 51.5 Å². The smallest absolute Gasteiger partial charge is 0.113 e. The van der Waals surface area contributed by atoms with Crippen LogP contribution in [-0.4, -0.2) is 35.1 Å². The number of nitrogens with zero attached hydrogens (tertiary/aromatic N) is 3. The predicted octanol–water partition coefficient (Wildman–Crippen LogP) is 3.84. The summed E-state index contributed by atoms with van der Waals surface area (Å²) in [5.74, 6) is 1.10. The van der Waals surface area contributed by atoms with E-state index in [2.05, 4.69) is 56.7 Å². The zero-order chi connectivity index (χ0) is 14.5. The highest BCUT2D eigenvalue weighted by Crippen LogP contribution is 2.24. The van der Waals surface area contributed by atoms with E-state index < -0.39 is 0 Å². The quantitative estimate of drug-likeness (QED) is 0.784. The molecule has 0 radical (unpaired) electrons. The second-order valence-corrected chi connectivity index (χ2v) is 6.38. The number of imidazole rings is 1. The van der Waals surface area contributed by atoms with Gasteiger partial charge in [-0.15, -0.1) is 0 Å². The molecule has 0 saturated heterocycles. The van der Waals surface area contributed by atoms with E-state index >= 15 is 0 Å². The molecule has 0 spiro atoms. The highest BCUT2D eigenvalue weighted by Gasteiger charge is 2.06. The Kier molecular flexibility index (Phi) is 5.64. The number of benzene rings is 1. The molecular weight excluding hydrogens is 338 g/mol. The summed E-state index contributed by atoms with van der Waals surface area (Å²) < 4.78 is 3.16. The second kappa shape index (κ2) is 7.25. The lowest BCUT2D eigenvalue weighted by atomic mass is 10.1. The van der Waals surface area contributed by atoms with Gasteiger partial charge in [0.1, 0.15) is 5.82 Å². The van der Waals surface area contributed by atoms with Crippen molar-refractivity contribution in [1.29, 1.82) is 0 Å². The molecule has 1 aromatic carbocycles. The summed E-state index contributed by atoms with van der Waals surface area (Å²) in [6.45, 7) is 2.09. The summed E-state index contributed by atoms with van der Waals surface area (Å²) in [6, 6.07) is 6.02. The van der Waals surface area contributed by atoms with E-state index in [-0.39, 0.29) is 0 Å². The molecule has 0 unspecified atom stereocenters. The van der Waals surface area contributed by atoms with Gasteiger partial charge in [0.2, 0.25) is 0 Å². The van der Waals surface area contributed by atoms with E-state index in [4.69, 9.17) is 11.6 Å². The summed E-state index contributed by atoms with van der Waals surface area (Å²) in [5, 5.41) is 0.739. The van der Waals surface area contributed by atoms with Crippen molar-refractivity contribution in [3.63, 3.8) is 0 Å². The Hall–Kier alpha value is -0.840. The molecule has 0 bridgehead atoms. The fraction of sp³-hybridized carbons (Fsp3) is 0.400. The Morgan fingerprint density at radius 1 is 1.35 bits per heavy atom. The van der Waals surface area contributed by atoms with Crippen LogP contribution in [0, 0.1) is 0 Å². The molecule has 1 aromatic heterocycles. The maximum absolute atomic E-state index is 6.02. The molecule has 3 nitrogen and oxygen atoms in total. The molecule has 0 N–H and O–H groups in total. The molecule has 2 rings (SSSR count). The van der Waals surface area contributed by atoms with Gasteiger partial charge in [-0.25, -0.2) is 4.98 Å². The largest absolute Gasteiger partial charge is 0.335 e. The molecular formula is C15H19BrClN3. The molecule has 108 valence electrons. The zero-order valence-corrected chi connectivity index (χ0v) is 14.2. The first-order valence-electron chi connectivity index (χ1n) is 6.65. The summed E-state index contributed by atoms with van der Waals surface area (Å²) in [6.07, 6.45) is 5.87. The number of aryl methyl sites for hydroxylation is 1. The van der Waals surface area contributed by atoms with Gasteiger partial charge >= 0.3 is 0 Å². The van der Waals surface area contributed by atoms with Crippen LogP contribution in [0.2, 0.25) is 5.02 Å². The van der Waals surface area contributed by atoms with E-state index in [0.29, 0.717) is 0 Å². The second-order valence-electron chi connectivity index (χ2n) is 5.12. The van der Waals surface area contributed by atoms with Gasteiger partial charge in [-0.3, -0.25) is 0 Å². The Bertz CT molecular complexity index is 566. The molecule has 0 aliphatic heterocycles. The van der Waals surface area contributed by atoms with E-state index in [1.54, 1.807) is 0 Å². The first-order valence-corrected chi connectivity index (χ1v) is 7.82. The molecule has 0 aliphatic rings. The van der Waals surface area contributed by atoms with Gasteiger partial charge in [0.25, 0.3) is 0 Å². The molecule has 5 heteroatoms. The van der Waals surface area contributed by atoms with Crippen molar-refractivity contribution in [2.75, 3.05) is 20.6 Å². The predicted molar refractivity (Wildman–Crippen MR) is 87.4 cm³/mol. The van der Waals surface area contributed by atoms with Crippen LogP contribution in [-0.2, 0) is 13.0 Å². The molecule has 0 atom stereocenters. The average molecular weight is 357 g/mol. The highest BCUT2D eigenvalue weighted by molar-refractivity contribution is 9.10. The molecule has 0 fully saturated rings. The van der Waals surface area contributed by atoms with Gasteiger partial charge < -0.3 is 9.47 Å². The molecule has 0 saturated carbocycles. The van der Waals surface area contributed by atoms with Gasteiger partial charge in [0, 0.05) is 29.8 Å².